The predicted octanol–water partition coefficient (Wildman–Crippen LogP) is 1.87. The number of hydrazine groups is 1. The van der Waals surface area contributed by atoms with Crippen LogP contribution in [0.15, 0.2) is 60.4 Å². The Morgan fingerprint density at radius 1 is 1.20 bits per heavy atom. The molecule has 4 N–H and O–H groups in total. The highest BCUT2D eigenvalue weighted by atomic mass is 16.5. The number of rotatable bonds is 7. The van der Waals surface area contributed by atoms with Crippen molar-refractivity contribution in [2.45, 2.75) is 45.1 Å². The summed E-state index contributed by atoms with van der Waals surface area (Å²) in [6, 6.07) is 7.25. The molecule has 1 fully saturated rings. The molecule has 7 heteroatoms. The standard InChI is InChI=1S/C23H30N4O3/c1-3-26(19-7-5-4-6-8-19)23(29)18-11-9-17(10-12-18)22(28)21(15-24)27-16-20(30-2)13-14-25-27/h9-16,19,25H,3-8,24H2,1-2H3/p+1. The van der Waals surface area contributed by atoms with Gasteiger partial charge in [-0.2, -0.15) is 0 Å². The number of nitrogens with zero attached hydrogens (tertiary/aromatic N) is 1. The van der Waals surface area contributed by atoms with Crippen molar-refractivity contribution in [1.29, 1.82) is 0 Å². The normalized spacial score (nSPS) is 18.4. The topological polar surface area (TPSA) is 89.1 Å². The van der Waals surface area contributed by atoms with E-state index in [0.717, 1.165) is 24.3 Å². The molecule has 0 aromatic heterocycles. The number of benzene rings is 1. The molecule has 1 aromatic rings. The van der Waals surface area contributed by atoms with Crippen LogP contribution in [0.1, 0.15) is 59.7 Å². The van der Waals surface area contributed by atoms with Gasteiger partial charge in [0.1, 0.15) is 11.5 Å². The van der Waals surface area contributed by atoms with Crippen LogP contribution in [-0.4, -0.2) is 36.4 Å². The zero-order valence-corrected chi connectivity index (χ0v) is 17.7. The van der Waals surface area contributed by atoms with Crippen LogP contribution >= 0.6 is 0 Å². The van der Waals surface area contributed by atoms with Gasteiger partial charge in [-0.1, -0.05) is 18.6 Å². The summed E-state index contributed by atoms with van der Waals surface area (Å²) in [5, 5.41) is 1.51. The first-order chi connectivity index (χ1) is 14.6. The summed E-state index contributed by atoms with van der Waals surface area (Å²) in [5.74, 6) is 0.443. The zero-order chi connectivity index (χ0) is 21.5. The number of carbonyl (C=O) groups excluding carboxylic acids is 2. The maximum Gasteiger partial charge on any atom is 0.344 e. The smallest absolute Gasteiger partial charge is 0.344 e. The summed E-state index contributed by atoms with van der Waals surface area (Å²) in [4.78, 5) is 27.0. The quantitative estimate of drug-likeness (QED) is 0.469. The number of carbonyl (C=O) groups is 2. The number of amides is 1. The van der Waals surface area contributed by atoms with Gasteiger partial charge in [0.2, 0.25) is 5.78 Å². The number of hydrogen-bond donors (Lipinski definition) is 3. The van der Waals surface area contributed by atoms with E-state index in [1.807, 2.05) is 0 Å². The van der Waals surface area contributed by atoms with Gasteiger partial charge in [0.05, 0.1) is 31.5 Å². The highest BCUT2D eigenvalue weighted by molar-refractivity contribution is 6.08. The van der Waals surface area contributed by atoms with E-state index in [1.165, 1.54) is 30.5 Å². The highest BCUT2D eigenvalue weighted by Gasteiger charge is 2.30. The van der Waals surface area contributed by atoms with Gasteiger partial charge < -0.3 is 15.9 Å². The Bertz CT molecular complexity index is 852. The van der Waals surface area contributed by atoms with Gasteiger partial charge in [0.15, 0.2) is 0 Å². The lowest BCUT2D eigenvalue weighted by Crippen LogP contribution is -3.18. The van der Waals surface area contributed by atoms with Crippen molar-refractivity contribution in [3.8, 4) is 0 Å². The molecule has 3 rings (SSSR count). The third-order valence-corrected chi connectivity index (χ3v) is 5.78. The lowest BCUT2D eigenvalue weighted by atomic mass is 9.93. The number of allylic oxidation sites excluding steroid dienone is 2. The fourth-order valence-electron chi connectivity index (χ4n) is 4.12. The molecule has 2 aliphatic rings. The summed E-state index contributed by atoms with van der Waals surface area (Å²) in [5.41, 5.74) is 10.0. The molecule has 0 radical (unpaired) electrons. The maximum absolute atomic E-state index is 13.1. The van der Waals surface area contributed by atoms with Gasteiger partial charge in [-0.05, 0) is 50.8 Å². The first kappa shape index (κ1) is 21.6. The average molecular weight is 412 g/mol. The summed E-state index contributed by atoms with van der Waals surface area (Å²) in [7, 11) is 1.55. The van der Waals surface area contributed by atoms with Gasteiger partial charge in [-0.25, -0.2) is 4.79 Å². The SMILES string of the molecule is CC[NH+](C(=O)c1ccc(C(=O)C(=CN)N2C=C(OC)C=CN2)cc1)C1CCCCC1. The number of methoxy groups -OCH3 is 1. The van der Waals surface area contributed by atoms with Crippen molar-refractivity contribution in [3.63, 3.8) is 0 Å². The van der Waals surface area contributed by atoms with Crippen LogP contribution in [0, 0.1) is 0 Å². The lowest BCUT2D eigenvalue weighted by molar-refractivity contribution is -0.842. The van der Waals surface area contributed by atoms with Gasteiger partial charge >= 0.3 is 5.91 Å². The summed E-state index contributed by atoms with van der Waals surface area (Å²) in [6.07, 6.45) is 12.1. The molecule has 1 atom stereocenters. The summed E-state index contributed by atoms with van der Waals surface area (Å²) < 4.78 is 5.20. The molecule has 160 valence electrons. The minimum atomic E-state index is -0.252. The zero-order valence-electron chi connectivity index (χ0n) is 17.7. The van der Waals surface area contributed by atoms with Gasteiger partial charge in [0.25, 0.3) is 0 Å². The van der Waals surface area contributed by atoms with E-state index < -0.39 is 0 Å². The molecule has 1 unspecified atom stereocenters. The largest absolute Gasteiger partial charge is 0.495 e. The van der Waals surface area contributed by atoms with Crippen molar-refractivity contribution in [2.75, 3.05) is 13.7 Å². The number of nitrogens with two attached hydrogens (primary N) is 1. The minimum Gasteiger partial charge on any atom is -0.495 e. The Labute approximate surface area is 177 Å². The Hall–Kier alpha value is -3.06. The fourth-order valence-corrected chi connectivity index (χ4v) is 4.12. The van der Waals surface area contributed by atoms with Crippen molar-refractivity contribution >= 4 is 11.7 Å². The second kappa shape index (κ2) is 10.1. The third-order valence-electron chi connectivity index (χ3n) is 5.78. The average Bonchev–Trinajstić information content (AvgIpc) is 2.81. The number of ether oxygens (including phenoxy) is 1. The van der Waals surface area contributed by atoms with Gasteiger partial charge in [-0.15, -0.1) is 0 Å². The second-order valence-corrected chi connectivity index (χ2v) is 7.57. The first-order valence-corrected chi connectivity index (χ1v) is 10.5. The summed E-state index contributed by atoms with van der Waals surface area (Å²) >= 11 is 0. The van der Waals surface area contributed by atoms with E-state index in [-0.39, 0.29) is 17.4 Å². The van der Waals surface area contributed by atoms with Gasteiger partial charge in [0, 0.05) is 18.0 Å². The van der Waals surface area contributed by atoms with E-state index >= 15 is 0 Å². The van der Waals surface area contributed by atoms with E-state index in [2.05, 4.69) is 12.3 Å². The molecule has 1 heterocycles. The molecule has 1 saturated carbocycles. The van der Waals surface area contributed by atoms with Crippen LogP contribution in [0.3, 0.4) is 0 Å². The monoisotopic (exact) mass is 411 g/mol. The van der Waals surface area contributed by atoms with Crippen LogP contribution in [-0.2, 0) is 4.74 Å². The highest BCUT2D eigenvalue weighted by Crippen LogP contribution is 2.17. The van der Waals surface area contributed by atoms with Crippen molar-refractivity contribution in [2.24, 2.45) is 5.73 Å². The summed E-state index contributed by atoms with van der Waals surface area (Å²) in [6.45, 7) is 2.83. The number of hydrogen-bond acceptors (Lipinski definition) is 6. The van der Waals surface area contributed by atoms with E-state index in [9.17, 15) is 9.59 Å². The number of Topliss-reactive ketones (excluding diaryl/α,β-unsaturated/α-hetero) is 1. The molecule has 1 aliphatic carbocycles. The van der Waals surface area contributed by atoms with Crippen LogP contribution < -0.4 is 16.1 Å². The minimum absolute atomic E-state index is 0.105. The Kier molecular flexibility index (Phi) is 7.30. The van der Waals surface area contributed by atoms with Gasteiger partial charge in [-0.3, -0.25) is 14.7 Å². The van der Waals surface area contributed by atoms with Crippen molar-refractivity contribution in [1.82, 2.24) is 10.4 Å². The van der Waals surface area contributed by atoms with Crippen LogP contribution in [0.2, 0.25) is 0 Å². The Balaban J connectivity index is 1.74. The number of quaternary nitrogens is 1. The molecule has 7 nitrogen and oxygen atoms in total. The number of nitrogens with one attached hydrogen (secondary N) is 2. The van der Waals surface area contributed by atoms with Crippen LogP contribution in [0.25, 0.3) is 0 Å². The lowest BCUT2D eigenvalue weighted by Gasteiger charge is -2.28. The molecule has 1 aromatic carbocycles. The molecular formula is C23H31N4O3+. The Morgan fingerprint density at radius 3 is 2.47 bits per heavy atom. The third kappa shape index (κ3) is 4.74. The first-order valence-electron chi connectivity index (χ1n) is 10.5. The molecule has 0 bridgehead atoms. The van der Waals surface area contributed by atoms with E-state index in [1.54, 1.807) is 49.9 Å². The molecular weight excluding hydrogens is 380 g/mol. The molecule has 1 amide bonds. The van der Waals surface area contributed by atoms with E-state index in [0.29, 0.717) is 22.9 Å². The molecule has 1 aliphatic heterocycles. The predicted molar refractivity (Wildman–Crippen MR) is 115 cm³/mol. The molecule has 30 heavy (non-hydrogen) atoms. The second-order valence-electron chi connectivity index (χ2n) is 7.57. The molecule has 0 saturated heterocycles. The van der Waals surface area contributed by atoms with Crippen LogP contribution in [0.4, 0.5) is 0 Å². The number of ketones is 1. The van der Waals surface area contributed by atoms with Crippen LogP contribution in [0.5, 0.6) is 0 Å². The maximum atomic E-state index is 13.1. The van der Waals surface area contributed by atoms with Crippen molar-refractivity contribution in [3.05, 3.63) is 71.5 Å². The van der Waals surface area contributed by atoms with Crippen molar-refractivity contribution < 1.29 is 19.2 Å². The molecule has 0 spiro atoms. The Morgan fingerprint density at radius 2 is 1.87 bits per heavy atom. The van der Waals surface area contributed by atoms with E-state index in [4.69, 9.17) is 10.5 Å². The fraction of sp³-hybridized carbons (Fsp3) is 0.391.